The first-order chi connectivity index (χ1) is 15.5. The molecule has 0 aliphatic carbocycles. The number of fused-ring (bicyclic) bond motifs is 1. The molecule has 1 aliphatic rings. The van der Waals surface area contributed by atoms with Crippen LogP contribution >= 0.6 is 0 Å². The molecular formula is C25H34N6O. The predicted molar refractivity (Wildman–Crippen MR) is 129 cm³/mol. The fraction of sp³-hybridized carbons (Fsp3) is 0.480. The number of aryl methyl sites for hydroxylation is 1. The smallest absolute Gasteiger partial charge is 0.220 e. The van der Waals surface area contributed by atoms with Crippen LogP contribution in [0.4, 0.5) is 5.82 Å². The lowest BCUT2D eigenvalue weighted by Gasteiger charge is -2.21. The third-order valence-electron chi connectivity index (χ3n) is 6.17. The molecule has 7 nitrogen and oxygen atoms in total. The maximum Gasteiger partial charge on any atom is 0.220 e. The molecule has 32 heavy (non-hydrogen) atoms. The number of carbonyl (C=O) groups excluding carboxylic acids is 1. The molecule has 1 saturated heterocycles. The zero-order valence-electron chi connectivity index (χ0n) is 19.4. The van der Waals surface area contributed by atoms with Gasteiger partial charge in [0.25, 0.3) is 0 Å². The molecule has 4 rings (SSSR count). The van der Waals surface area contributed by atoms with Gasteiger partial charge in [0, 0.05) is 50.1 Å². The minimum absolute atomic E-state index is 0.0803. The zero-order valence-corrected chi connectivity index (χ0v) is 19.4. The average Bonchev–Trinajstić information content (AvgIpc) is 3.43. The van der Waals surface area contributed by atoms with Crippen LogP contribution in [0.3, 0.4) is 0 Å². The Hall–Kier alpha value is -2.93. The maximum absolute atomic E-state index is 12.9. The van der Waals surface area contributed by atoms with Crippen molar-refractivity contribution >= 4 is 22.6 Å². The quantitative estimate of drug-likeness (QED) is 0.538. The Morgan fingerprint density at radius 3 is 2.78 bits per heavy atom. The number of benzene rings is 1. The molecule has 0 bridgehead atoms. The van der Waals surface area contributed by atoms with Crippen LogP contribution in [-0.2, 0) is 11.2 Å². The Kier molecular flexibility index (Phi) is 7.05. The number of H-pyrrole nitrogens is 1. The van der Waals surface area contributed by atoms with Gasteiger partial charge in [-0.05, 0) is 57.5 Å². The van der Waals surface area contributed by atoms with E-state index in [1.54, 1.807) is 0 Å². The van der Waals surface area contributed by atoms with Crippen LogP contribution in [0.15, 0.2) is 36.5 Å². The summed E-state index contributed by atoms with van der Waals surface area (Å²) in [7, 11) is 3.94. The van der Waals surface area contributed by atoms with E-state index < -0.39 is 0 Å². The number of para-hydroxylation sites is 1. The number of rotatable bonds is 9. The minimum Gasteiger partial charge on any atom is -0.363 e. The Morgan fingerprint density at radius 2 is 2.00 bits per heavy atom. The van der Waals surface area contributed by atoms with E-state index in [1.807, 2.05) is 50.3 Å². The van der Waals surface area contributed by atoms with Gasteiger partial charge in [0.15, 0.2) is 0 Å². The van der Waals surface area contributed by atoms with Crippen LogP contribution in [0.2, 0.25) is 0 Å². The number of nitrogens with zero attached hydrogens (tertiary/aromatic N) is 4. The van der Waals surface area contributed by atoms with Crippen molar-refractivity contribution in [2.75, 3.05) is 38.6 Å². The molecule has 1 aliphatic heterocycles. The summed E-state index contributed by atoms with van der Waals surface area (Å²) in [5, 5.41) is 4.45. The van der Waals surface area contributed by atoms with Crippen molar-refractivity contribution in [1.29, 1.82) is 0 Å². The molecule has 2 aromatic heterocycles. The maximum atomic E-state index is 12.9. The van der Waals surface area contributed by atoms with E-state index in [2.05, 4.69) is 32.3 Å². The van der Waals surface area contributed by atoms with Gasteiger partial charge in [-0.1, -0.05) is 18.2 Å². The van der Waals surface area contributed by atoms with Gasteiger partial charge >= 0.3 is 0 Å². The number of hydrogen-bond acceptors (Lipinski definition) is 5. The largest absolute Gasteiger partial charge is 0.363 e. The lowest BCUT2D eigenvalue weighted by molar-refractivity contribution is -0.122. The molecule has 1 atom stereocenters. The summed E-state index contributed by atoms with van der Waals surface area (Å²) in [6.45, 7) is 5.23. The highest BCUT2D eigenvalue weighted by Crippen LogP contribution is 2.25. The van der Waals surface area contributed by atoms with E-state index in [0.717, 1.165) is 30.0 Å². The predicted octanol–water partition coefficient (Wildman–Crippen LogP) is 3.61. The zero-order chi connectivity index (χ0) is 22.5. The van der Waals surface area contributed by atoms with Crippen molar-refractivity contribution in [3.8, 4) is 0 Å². The summed E-state index contributed by atoms with van der Waals surface area (Å²) in [5.41, 5.74) is 3.12. The molecule has 1 amide bonds. The number of carbonyl (C=O) groups is 1. The average molecular weight is 435 g/mol. The summed E-state index contributed by atoms with van der Waals surface area (Å²) in [4.78, 5) is 29.9. The van der Waals surface area contributed by atoms with E-state index in [1.165, 1.54) is 36.9 Å². The van der Waals surface area contributed by atoms with Gasteiger partial charge in [-0.2, -0.15) is 0 Å². The third-order valence-corrected chi connectivity index (χ3v) is 6.17. The van der Waals surface area contributed by atoms with Crippen molar-refractivity contribution in [3.05, 3.63) is 53.6 Å². The standard InChI is InChI=1S/C25H34N6O/c1-18-27-23(16-24(28-18)30(2)3)22(15-19-17-26-21-10-5-4-9-20(19)21)29-25(32)11-8-14-31-12-6-7-13-31/h4-5,9-10,16-17,22,26H,6-8,11-15H2,1-3H3,(H,29,32)/t22-/m0/s1. The number of aromatic nitrogens is 3. The van der Waals surface area contributed by atoms with Crippen molar-refractivity contribution in [3.63, 3.8) is 0 Å². The van der Waals surface area contributed by atoms with Crippen LogP contribution in [-0.4, -0.2) is 59.5 Å². The first kappa shape index (κ1) is 22.3. The van der Waals surface area contributed by atoms with Crippen LogP contribution in [0, 0.1) is 6.92 Å². The lowest BCUT2D eigenvalue weighted by Crippen LogP contribution is -2.32. The number of hydrogen-bond donors (Lipinski definition) is 2. The first-order valence-corrected chi connectivity index (χ1v) is 11.6. The van der Waals surface area contributed by atoms with E-state index in [9.17, 15) is 4.79 Å². The van der Waals surface area contributed by atoms with Gasteiger partial charge in [-0.25, -0.2) is 9.97 Å². The molecule has 3 heterocycles. The van der Waals surface area contributed by atoms with Crippen molar-refractivity contribution in [2.45, 2.75) is 45.1 Å². The normalized spacial score (nSPS) is 15.2. The molecule has 170 valence electrons. The number of nitrogens with one attached hydrogen (secondary N) is 2. The van der Waals surface area contributed by atoms with Crippen molar-refractivity contribution < 1.29 is 4.79 Å². The van der Waals surface area contributed by atoms with E-state index in [4.69, 9.17) is 4.98 Å². The van der Waals surface area contributed by atoms with Crippen molar-refractivity contribution in [1.82, 2.24) is 25.2 Å². The monoisotopic (exact) mass is 434 g/mol. The molecule has 1 aromatic carbocycles. The molecule has 7 heteroatoms. The van der Waals surface area contributed by atoms with Crippen LogP contribution in [0.1, 0.15) is 48.8 Å². The molecule has 1 fully saturated rings. The molecule has 0 unspecified atom stereocenters. The third kappa shape index (κ3) is 5.46. The number of anilines is 1. The molecular weight excluding hydrogens is 400 g/mol. The summed E-state index contributed by atoms with van der Waals surface area (Å²) < 4.78 is 0. The summed E-state index contributed by atoms with van der Waals surface area (Å²) in [6, 6.07) is 10.0. The molecule has 2 N–H and O–H groups in total. The molecule has 0 spiro atoms. The SMILES string of the molecule is Cc1nc([C@H](Cc2c[nH]c3ccccc23)NC(=O)CCCN2CCCC2)cc(N(C)C)n1. The summed E-state index contributed by atoms with van der Waals surface area (Å²) in [6.07, 6.45) is 6.69. The highest BCUT2D eigenvalue weighted by atomic mass is 16.1. The number of aromatic amines is 1. The summed E-state index contributed by atoms with van der Waals surface area (Å²) >= 11 is 0. The number of likely N-dealkylation sites (tertiary alicyclic amines) is 1. The van der Waals surface area contributed by atoms with Gasteiger partial charge in [-0.3, -0.25) is 4.79 Å². The Bertz CT molecular complexity index is 1050. The fourth-order valence-corrected chi connectivity index (χ4v) is 4.47. The minimum atomic E-state index is -0.214. The Labute approximate surface area is 190 Å². The lowest BCUT2D eigenvalue weighted by atomic mass is 10.0. The van der Waals surface area contributed by atoms with Gasteiger partial charge in [-0.15, -0.1) is 0 Å². The van der Waals surface area contributed by atoms with E-state index >= 15 is 0 Å². The van der Waals surface area contributed by atoms with Crippen LogP contribution < -0.4 is 10.2 Å². The van der Waals surface area contributed by atoms with Gasteiger partial charge in [0.2, 0.25) is 5.91 Å². The first-order valence-electron chi connectivity index (χ1n) is 11.6. The van der Waals surface area contributed by atoms with E-state index in [-0.39, 0.29) is 11.9 Å². The van der Waals surface area contributed by atoms with Crippen LogP contribution in [0.25, 0.3) is 10.9 Å². The molecule has 3 aromatic rings. The topological polar surface area (TPSA) is 77.2 Å². The van der Waals surface area contributed by atoms with Gasteiger partial charge in [0.05, 0.1) is 11.7 Å². The second kappa shape index (κ2) is 10.1. The highest BCUT2D eigenvalue weighted by molar-refractivity contribution is 5.83. The van der Waals surface area contributed by atoms with Gasteiger partial charge < -0.3 is 20.1 Å². The second-order valence-electron chi connectivity index (χ2n) is 8.93. The highest BCUT2D eigenvalue weighted by Gasteiger charge is 2.21. The van der Waals surface area contributed by atoms with Crippen molar-refractivity contribution in [2.24, 2.45) is 0 Å². The van der Waals surface area contributed by atoms with E-state index in [0.29, 0.717) is 18.7 Å². The second-order valence-corrected chi connectivity index (χ2v) is 8.93. The summed E-state index contributed by atoms with van der Waals surface area (Å²) in [5.74, 6) is 1.63. The Morgan fingerprint density at radius 1 is 1.22 bits per heavy atom. The molecule has 0 radical (unpaired) electrons. The molecule has 0 saturated carbocycles. The van der Waals surface area contributed by atoms with Crippen LogP contribution in [0.5, 0.6) is 0 Å². The number of amides is 1. The fourth-order valence-electron chi connectivity index (χ4n) is 4.47. The van der Waals surface area contributed by atoms with Gasteiger partial charge in [0.1, 0.15) is 11.6 Å². The Balaban J connectivity index is 1.53.